The molecule has 136 valence electrons. The van der Waals surface area contributed by atoms with Gasteiger partial charge in [-0.05, 0) is 42.0 Å². The van der Waals surface area contributed by atoms with Crippen LogP contribution >= 0.6 is 11.6 Å². The Hall–Kier alpha value is -2.90. The highest BCUT2D eigenvalue weighted by molar-refractivity contribution is 7.92. The summed E-state index contributed by atoms with van der Waals surface area (Å²) in [5, 5.41) is 5.67. The molecule has 8 heteroatoms. The average molecular weight is 399 g/mol. The van der Waals surface area contributed by atoms with Crippen LogP contribution in [0.15, 0.2) is 78.0 Å². The Morgan fingerprint density at radius 2 is 1.81 bits per heavy atom. The van der Waals surface area contributed by atoms with Crippen LogP contribution in [0.5, 0.6) is 0 Å². The number of nitrogens with zero attached hydrogens (tertiary/aromatic N) is 3. The smallest absolute Gasteiger partial charge is 0.261 e. The van der Waals surface area contributed by atoms with Gasteiger partial charge in [-0.25, -0.2) is 13.4 Å². The molecule has 0 atom stereocenters. The van der Waals surface area contributed by atoms with Crippen LogP contribution in [0.4, 0.5) is 5.69 Å². The first-order valence-electron chi connectivity index (χ1n) is 8.15. The summed E-state index contributed by atoms with van der Waals surface area (Å²) in [4.78, 5) is 4.29. The van der Waals surface area contributed by atoms with Crippen LogP contribution in [0.1, 0.15) is 5.56 Å². The fourth-order valence-electron chi connectivity index (χ4n) is 2.76. The van der Waals surface area contributed by atoms with Crippen LogP contribution in [-0.4, -0.2) is 23.2 Å². The summed E-state index contributed by atoms with van der Waals surface area (Å²) in [5.41, 5.74) is 2.35. The topological polar surface area (TPSA) is 76.9 Å². The van der Waals surface area contributed by atoms with Gasteiger partial charge in [0.05, 0.1) is 23.2 Å². The molecular formula is C19H15ClN4O2S. The Labute approximate surface area is 161 Å². The molecule has 2 aromatic carbocycles. The molecule has 0 bridgehead atoms. The van der Waals surface area contributed by atoms with Gasteiger partial charge in [0.2, 0.25) is 0 Å². The number of halogens is 1. The van der Waals surface area contributed by atoms with E-state index in [1.54, 1.807) is 60.9 Å². The first kappa shape index (κ1) is 17.5. The van der Waals surface area contributed by atoms with Gasteiger partial charge in [-0.3, -0.25) is 9.40 Å². The molecule has 0 aliphatic rings. The zero-order chi connectivity index (χ0) is 18.9. The quantitative estimate of drug-likeness (QED) is 0.516. The van der Waals surface area contributed by atoms with E-state index in [2.05, 4.69) is 14.8 Å². The molecule has 0 saturated carbocycles. The average Bonchev–Trinajstić information content (AvgIpc) is 3.06. The van der Waals surface area contributed by atoms with Crippen molar-refractivity contribution in [2.45, 2.75) is 11.4 Å². The van der Waals surface area contributed by atoms with E-state index in [1.165, 1.54) is 0 Å². The molecular weight excluding hydrogens is 384 g/mol. The van der Waals surface area contributed by atoms with E-state index in [9.17, 15) is 8.42 Å². The van der Waals surface area contributed by atoms with Crippen molar-refractivity contribution < 1.29 is 8.42 Å². The van der Waals surface area contributed by atoms with Crippen molar-refractivity contribution in [3.05, 3.63) is 83.8 Å². The van der Waals surface area contributed by atoms with E-state index in [-0.39, 0.29) is 4.90 Å². The van der Waals surface area contributed by atoms with Gasteiger partial charge in [-0.15, -0.1) is 0 Å². The number of anilines is 1. The molecule has 4 aromatic rings. The number of pyridine rings is 1. The van der Waals surface area contributed by atoms with Gasteiger partial charge in [0.1, 0.15) is 5.15 Å². The van der Waals surface area contributed by atoms with Crippen molar-refractivity contribution in [1.82, 2.24) is 14.8 Å². The second kappa shape index (κ2) is 7.02. The second-order valence-corrected chi connectivity index (χ2v) is 8.05. The standard InChI is InChI=1S/C19H15ClN4O2S/c20-19-9-6-14(11-21-19)13-24-18-8-7-16(10-15(18)12-22-24)23-27(25,26)17-4-2-1-3-5-17/h1-12,23H,13H2. The molecule has 0 spiro atoms. The normalized spacial score (nSPS) is 11.6. The van der Waals surface area contributed by atoms with Crippen molar-refractivity contribution in [2.24, 2.45) is 0 Å². The first-order chi connectivity index (χ1) is 13.0. The van der Waals surface area contributed by atoms with E-state index < -0.39 is 10.0 Å². The lowest BCUT2D eigenvalue weighted by atomic mass is 10.2. The molecule has 27 heavy (non-hydrogen) atoms. The maximum Gasteiger partial charge on any atom is 0.261 e. The predicted octanol–water partition coefficient (Wildman–Crippen LogP) is 3.93. The number of hydrogen-bond acceptors (Lipinski definition) is 4. The molecule has 1 N–H and O–H groups in total. The van der Waals surface area contributed by atoms with Crippen LogP contribution in [0.2, 0.25) is 5.15 Å². The van der Waals surface area contributed by atoms with Crippen LogP contribution in [0.3, 0.4) is 0 Å². The number of aromatic nitrogens is 3. The molecule has 0 radical (unpaired) electrons. The van der Waals surface area contributed by atoms with Gasteiger partial charge >= 0.3 is 0 Å². The summed E-state index contributed by atoms with van der Waals surface area (Å²) in [7, 11) is -3.63. The van der Waals surface area contributed by atoms with Crippen molar-refractivity contribution in [3.8, 4) is 0 Å². The summed E-state index contributed by atoms with van der Waals surface area (Å²) < 4.78 is 29.4. The maximum atomic E-state index is 12.5. The molecule has 0 saturated heterocycles. The number of sulfonamides is 1. The molecule has 0 fully saturated rings. The minimum Gasteiger partial charge on any atom is -0.280 e. The van der Waals surface area contributed by atoms with Gasteiger partial charge in [-0.1, -0.05) is 35.9 Å². The summed E-state index contributed by atoms with van der Waals surface area (Å²) in [6.45, 7) is 0.544. The molecule has 0 aliphatic heterocycles. The van der Waals surface area contributed by atoms with E-state index in [4.69, 9.17) is 11.6 Å². The minimum atomic E-state index is -3.63. The maximum absolute atomic E-state index is 12.5. The minimum absolute atomic E-state index is 0.219. The van der Waals surface area contributed by atoms with E-state index >= 15 is 0 Å². The van der Waals surface area contributed by atoms with Gasteiger partial charge in [0.25, 0.3) is 10.0 Å². The third kappa shape index (κ3) is 3.79. The van der Waals surface area contributed by atoms with Crippen LogP contribution < -0.4 is 4.72 Å². The molecule has 2 heterocycles. The highest BCUT2D eigenvalue weighted by atomic mass is 35.5. The summed E-state index contributed by atoms with van der Waals surface area (Å²) in [5.74, 6) is 0. The van der Waals surface area contributed by atoms with Crippen molar-refractivity contribution in [2.75, 3.05) is 4.72 Å². The summed E-state index contributed by atoms with van der Waals surface area (Å²) in [6, 6.07) is 17.2. The molecule has 0 amide bonds. The monoisotopic (exact) mass is 398 g/mol. The lowest BCUT2D eigenvalue weighted by Gasteiger charge is -2.09. The largest absolute Gasteiger partial charge is 0.280 e. The van der Waals surface area contributed by atoms with Crippen molar-refractivity contribution >= 4 is 38.2 Å². The Bertz CT molecular complexity index is 1190. The van der Waals surface area contributed by atoms with Crippen molar-refractivity contribution in [1.29, 1.82) is 0 Å². The predicted molar refractivity (Wildman–Crippen MR) is 105 cm³/mol. The van der Waals surface area contributed by atoms with E-state index in [1.807, 2.05) is 16.8 Å². The number of fused-ring (bicyclic) bond motifs is 1. The van der Waals surface area contributed by atoms with E-state index in [0.29, 0.717) is 17.4 Å². The second-order valence-electron chi connectivity index (χ2n) is 5.98. The van der Waals surface area contributed by atoms with Gasteiger partial charge in [-0.2, -0.15) is 5.10 Å². The fourth-order valence-corrected chi connectivity index (χ4v) is 3.95. The molecule has 0 unspecified atom stereocenters. The Balaban J connectivity index is 1.60. The van der Waals surface area contributed by atoms with Crippen molar-refractivity contribution in [3.63, 3.8) is 0 Å². The molecule has 6 nitrogen and oxygen atoms in total. The third-order valence-electron chi connectivity index (χ3n) is 4.07. The lowest BCUT2D eigenvalue weighted by molar-refractivity contribution is 0.601. The van der Waals surface area contributed by atoms with Gasteiger partial charge in [0.15, 0.2) is 0 Å². The van der Waals surface area contributed by atoms with Gasteiger partial charge < -0.3 is 0 Å². The van der Waals surface area contributed by atoms with Crippen LogP contribution in [0.25, 0.3) is 10.9 Å². The SMILES string of the molecule is O=S(=O)(Nc1ccc2c(cnn2Cc2ccc(Cl)nc2)c1)c1ccccc1. The molecule has 2 aromatic heterocycles. The third-order valence-corrected chi connectivity index (χ3v) is 5.69. The Kier molecular flexibility index (Phi) is 4.55. The fraction of sp³-hybridized carbons (Fsp3) is 0.0526. The highest BCUT2D eigenvalue weighted by Crippen LogP contribution is 2.22. The summed E-state index contributed by atoms with van der Waals surface area (Å²) >= 11 is 5.81. The Morgan fingerprint density at radius 3 is 2.56 bits per heavy atom. The van der Waals surface area contributed by atoms with Crippen LogP contribution in [-0.2, 0) is 16.6 Å². The molecule has 0 aliphatic carbocycles. The number of rotatable bonds is 5. The molecule has 4 rings (SSSR count). The van der Waals surface area contributed by atoms with Crippen LogP contribution in [0, 0.1) is 0 Å². The number of nitrogens with one attached hydrogen (secondary N) is 1. The zero-order valence-corrected chi connectivity index (χ0v) is 15.7. The number of hydrogen-bond donors (Lipinski definition) is 1. The zero-order valence-electron chi connectivity index (χ0n) is 14.1. The highest BCUT2D eigenvalue weighted by Gasteiger charge is 2.14. The summed E-state index contributed by atoms with van der Waals surface area (Å²) in [6.07, 6.45) is 3.41. The first-order valence-corrected chi connectivity index (χ1v) is 10.0. The Morgan fingerprint density at radius 1 is 1.00 bits per heavy atom. The van der Waals surface area contributed by atoms with Gasteiger partial charge in [0, 0.05) is 17.3 Å². The van der Waals surface area contributed by atoms with E-state index in [0.717, 1.165) is 16.5 Å². The number of benzene rings is 2. The lowest BCUT2D eigenvalue weighted by Crippen LogP contribution is -2.12.